The first-order valence-electron chi connectivity index (χ1n) is 10.4. The molecule has 0 saturated heterocycles. The minimum atomic E-state index is -3.44. The Bertz CT molecular complexity index is 1150. The van der Waals surface area contributed by atoms with Crippen molar-refractivity contribution in [3.8, 4) is 11.1 Å². The van der Waals surface area contributed by atoms with E-state index >= 15 is 0 Å². The second kappa shape index (κ2) is 9.99. The topological polar surface area (TPSA) is 124 Å². The number of esters is 1. The van der Waals surface area contributed by atoms with Crippen LogP contribution in [-0.4, -0.2) is 44.3 Å². The standard InChI is InChI=1S/C22H27N3O6S/c1-31-22(28)16-12-19(15-8-10-18(11-9-15)24-32(2,29)30)21(27)25(13-16)14-20(26)23-17-6-4-3-5-7-17/h8-13,17,24H,3-7,14H2,1-2H3,(H,23,26). The third-order valence-corrected chi connectivity index (χ3v) is 5.90. The molecule has 9 nitrogen and oxygen atoms in total. The molecule has 1 aromatic carbocycles. The first-order valence-corrected chi connectivity index (χ1v) is 12.3. The summed E-state index contributed by atoms with van der Waals surface area (Å²) in [5.74, 6) is -0.928. The average Bonchev–Trinajstić information content (AvgIpc) is 2.75. The molecule has 32 heavy (non-hydrogen) atoms. The Kier molecular flexibility index (Phi) is 7.34. The lowest BCUT2D eigenvalue weighted by molar-refractivity contribution is -0.122. The minimum Gasteiger partial charge on any atom is -0.465 e. The summed E-state index contributed by atoms with van der Waals surface area (Å²) in [7, 11) is -2.20. The Labute approximate surface area is 186 Å². The van der Waals surface area contributed by atoms with Gasteiger partial charge in [-0.15, -0.1) is 0 Å². The molecule has 1 amide bonds. The molecule has 0 bridgehead atoms. The highest BCUT2D eigenvalue weighted by atomic mass is 32.2. The van der Waals surface area contributed by atoms with Crippen LogP contribution in [0.15, 0.2) is 41.3 Å². The van der Waals surface area contributed by atoms with E-state index < -0.39 is 21.6 Å². The smallest absolute Gasteiger partial charge is 0.339 e. The third kappa shape index (κ3) is 6.19. The molecule has 0 atom stereocenters. The summed E-state index contributed by atoms with van der Waals surface area (Å²) in [5.41, 5.74) is 0.698. The predicted molar refractivity (Wildman–Crippen MR) is 121 cm³/mol. The fourth-order valence-electron chi connectivity index (χ4n) is 3.80. The van der Waals surface area contributed by atoms with E-state index in [-0.39, 0.29) is 29.6 Å². The lowest BCUT2D eigenvalue weighted by Gasteiger charge is -2.23. The van der Waals surface area contributed by atoms with Crippen LogP contribution in [0, 0.1) is 0 Å². The van der Waals surface area contributed by atoms with Crippen LogP contribution in [-0.2, 0) is 26.1 Å². The van der Waals surface area contributed by atoms with Crippen LogP contribution < -0.4 is 15.6 Å². The number of carbonyl (C=O) groups is 2. The summed E-state index contributed by atoms with van der Waals surface area (Å²) in [5, 5.41) is 2.97. The molecule has 10 heteroatoms. The summed E-state index contributed by atoms with van der Waals surface area (Å²) in [4.78, 5) is 37.8. The van der Waals surface area contributed by atoms with Crippen molar-refractivity contribution in [3.63, 3.8) is 0 Å². The largest absolute Gasteiger partial charge is 0.465 e. The maximum Gasteiger partial charge on any atom is 0.339 e. The number of hydrogen-bond donors (Lipinski definition) is 2. The van der Waals surface area contributed by atoms with E-state index in [1.807, 2.05) is 0 Å². The Morgan fingerprint density at radius 3 is 2.38 bits per heavy atom. The Hall–Kier alpha value is -3.14. The third-order valence-electron chi connectivity index (χ3n) is 5.29. The number of anilines is 1. The number of ether oxygens (including phenoxy) is 1. The summed E-state index contributed by atoms with van der Waals surface area (Å²) >= 11 is 0. The van der Waals surface area contributed by atoms with Crippen LogP contribution in [0.4, 0.5) is 5.69 Å². The lowest BCUT2D eigenvalue weighted by atomic mass is 9.95. The number of amides is 1. The molecule has 0 aliphatic heterocycles. The molecular weight excluding hydrogens is 434 g/mol. The highest BCUT2D eigenvalue weighted by molar-refractivity contribution is 7.92. The Morgan fingerprint density at radius 1 is 1.12 bits per heavy atom. The summed E-state index contributed by atoms with van der Waals surface area (Å²) in [6.07, 6.45) is 7.49. The van der Waals surface area contributed by atoms with Gasteiger partial charge in [-0.3, -0.25) is 14.3 Å². The summed E-state index contributed by atoms with van der Waals surface area (Å²) < 4.78 is 31.1. The van der Waals surface area contributed by atoms with Gasteiger partial charge < -0.3 is 14.6 Å². The SMILES string of the molecule is COC(=O)c1cc(-c2ccc(NS(C)(=O)=O)cc2)c(=O)n(CC(=O)NC2CCCCC2)c1. The van der Waals surface area contributed by atoms with E-state index in [0.29, 0.717) is 11.3 Å². The van der Waals surface area contributed by atoms with E-state index in [1.165, 1.54) is 36.1 Å². The fourth-order valence-corrected chi connectivity index (χ4v) is 4.36. The molecule has 1 fully saturated rings. The van der Waals surface area contributed by atoms with Crippen molar-refractivity contribution < 1.29 is 22.7 Å². The number of nitrogens with one attached hydrogen (secondary N) is 2. The van der Waals surface area contributed by atoms with Crippen LogP contribution >= 0.6 is 0 Å². The Morgan fingerprint density at radius 2 is 1.78 bits per heavy atom. The molecule has 1 aromatic heterocycles. The van der Waals surface area contributed by atoms with Gasteiger partial charge in [-0.25, -0.2) is 13.2 Å². The number of hydrogen-bond acceptors (Lipinski definition) is 6. The van der Waals surface area contributed by atoms with Gasteiger partial charge in [-0.2, -0.15) is 0 Å². The number of carbonyl (C=O) groups excluding carboxylic acids is 2. The monoisotopic (exact) mass is 461 g/mol. The van der Waals surface area contributed by atoms with Gasteiger partial charge in [0.15, 0.2) is 0 Å². The maximum absolute atomic E-state index is 13.1. The molecule has 1 saturated carbocycles. The fraction of sp³-hybridized carbons (Fsp3) is 0.409. The van der Waals surface area contributed by atoms with Crippen molar-refractivity contribution in [3.05, 3.63) is 52.4 Å². The quantitative estimate of drug-likeness (QED) is 0.609. The number of pyridine rings is 1. The van der Waals surface area contributed by atoms with E-state index in [0.717, 1.165) is 38.4 Å². The number of methoxy groups -OCH3 is 1. The van der Waals surface area contributed by atoms with Gasteiger partial charge in [-0.05, 0) is 36.6 Å². The number of benzene rings is 1. The van der Waals surface area contributed by atoms with Crippen LogP contribution in [0.5, 0.6) is 0 Å². The van der Waals surface area contributed by atoms with Crippen LogP contribution in [0.3, 0.4) is 0 Å². The molecule has 1 aliphatic rings. The van der Waals surface area contributed by atoms with Gasteiger partial charge in [0.1, 0.15) is 6.54 Å². The van der Waals surface area contributed by atoms with Gasteiger partial charge >= 0.3 is 5.97 Å². The minimum absolute atomic E-state index is 0.102. The summed E-state index contributed by atoms with van der Waals surface area (Å²) in [6, 6.07) is 7.67. The van der Waals surface area contributed by atoms with Crippen LogP contribution in [0.25, 0.3) is 11.1 Å². The second-order valence-corrected chi connectivity index (χ2v) is 9.67. The molecule has 0 spiro atoms. The molecule has 172 valence electrons. The normalized spacial score (nSPS) is 14.6. The van der Waals surface area contributed by atoms with Gasteiger partial charge in [-0.1, -0.05) is 31.4 Å². The van der Waals surface area contributed by atoms with Gasteiger partial charge in [0.05, 0.1) is 18.9 Å². The van der Waals surface area contributed by atoms with Crippen molar-refractivity contribution in [1.29, 1.82) is 0 Å². The van der Waals surface area contributed by atoms with Gasteiger partial charge in [0.2, 0.25) is 15.9 Å². The highest BCUT2D eigenvalue weighted by Crippen LogP contribution is 2.21. The second-order valence-electron chi connectivity index (χ2n) is 7.92. The average molecular weight is 462 g/mol. The Balaban J connectivity index is 1.91. The number of rotatable bonds is 7. The van der Waals surface area contributed by atoms with Crippen molar-refractivity contribution in [2.45, 2.75) is 44.7 Å². The van der Waals surface area contributed by atoms with Crippen molar-refractivity contribution in [2.24, 2.45) is 0 Å². The molecule has 2 aromatic rings. The number of sulfonamides is 1. The van der Waals surface area contributed by atoms with Crippen LogP contribution in [0.2, 0.25) is 0 Å². The zero-order chi connectivity index (χ0) is 23.3. The van der Waals surface area contributed by atoms with Gasteiger partial charge in [0, 0.05) is 23.5 Å². The number of nitrogens with zero attached hydrogens (tertiary/aromatic N) is 1. The van der Waals surface area contributed by atoms with Crippen molar-refractivity contribution in [2.75, 3.05) is 18.1 Å². The van der Waals surface area contributed by atoms with Crippen LogP contribution in [0.1, 0.15) is 42.5 Å². The molecule has 0 unspecified atom stereocenters. The molecular formula is C22H27N3O6S. The first-order chi connectivity index (χ1) is 15.2. The molecule has 0 radical (unpaired) electrons. The van der Waals surface area contributed by atoms with E-state index in [4.69, 9.17) is 4.74 Å². The van der Waals surface area contributed by atoms with E-state index in [9.17, 15) is 22.8 Å². The highest BCUT2D eigenvalue weighted by Gasteiger charge is 2.19. The molecule has 1 aliphatic carbocycles. The molecule has 3 rings (SSSR count). The first kappa shape index (κ1) is 23.5. The van der Waals surface area contributed by atoms with Crippen molar-refractivity contribution in [1.82, 2.24) is 9.88 Å². The zero-order valence-corrected chi connectivity index (χ0v) is 18.9. The summed E-state index contributed by atoms with van der Waals surface area (Å²) in [6.45, 7) is -0.221. The van der Waals surface area contributed by atoms with Gasteiger partial charge in [0.25, 0.3) is 5.56 Å². The molecule has 2 N–H and O–H groups in total. The maximum atomic E-state index is 13.1. The zero-order valence-electron chi connectivity index (χ0n) is 18.1. The van der Waals surface area contributed by atoms with E-state index in [2.05, 4.69) is 10.0 Å². The number of aromatic nitrogens is 1. The van der Waals surface area contributed by atoms with E-state index in [1.54, 1.807) is 12.1 Å². The molecule has 1 heterocycles. The van der Waals surface area contributed by atoms with Crippen molar-refractivity contribution >= 4 is 27.6 Å². The lowest BCUT2D eigenvalue weighted by Crippen LogP contribution is -2.40. The predicted octanol–water partition coefficient (Wildman–Crippen LogP) is 2.12.